The van der Waals surface area contributed by atoms with Gasteiger partial charge in [-0.15, -0.1) is 11.3 Å². The quantitative estimate of drug-likeness (QED) is 0.394. The normalized spacial score (nSPS) is 17.1. The van der Waals surface area contributed by atoms with E-state index >= 15 is 0 Å². The zero-order valence-corrected chi connectivity index (χ0v) is 20.7. The van der Waals surface area contributed by atoms with Crippen molar-refractivity contribution < 1.29 is 14.3 Å². The van der Waals surface area contributed by atoms with E-state index in [1.807, 2.05) is 36.6 Å². The van der Waals surface area contributed by atoms with E-state index in [1.54, 1.807) is 6.20 Å². The number of hydrogen-bond donors (Lipinski definition) is 1. The Bertz CT molecular complexity index is 1210. The Morgan fingerprint density at radius 3 is 2.52 bits per heavy atom. The number of thioether (sulfide) groups is 1. The van der Waals surface area contributed by atoms with Crippen molar-refractivity contribution in [1.29, 1.82) is 5.41 Å². The largest absolute Gasteiger partial charge is 0.490 e. The summed E-state index contributed by atoms with van der Waals surface area (Å²) in [6.45, 7) is 9.19. The molecule has 2 heterocycles. The summed E-state index contributed by atoms with van der Waals surface area (Å²) in [5, 5.41) is 11.1. The Morgan fingerprint density at radius 2 is 1.85 bits per heavy atom. The fourth-order valence-electron chi connectivity index (χ4n) is 3.93. The highest BCUT2D eigenvalue weighted by molar-refractivity contribution is 8.19. The standard InChI is InChI=1S/C26H26N2O3S2/c1-5-30-21-12-18(13-22-24(29)23(25(27)33-22)26-28-8-9-32-26)6-7-20(21)31-14-19-16(3)10-15(2)11-17(19)4/h6-13,23,27H,5,14H2,1-4H3/b22-13-,27-25?/t23-/m0/s1. The topological polar surface area (TPSA) is 72.3 Å². The van der Waals surface area contributed by atoms with Crippen LogP contribution in [-0.2, 0) is 11.4 Å². The molecular formula is C26H26N2O3S2. The lowest BCUT2D eigenvalue weighted by molar-refractivity contribution is -0.114. The molecule has 1 fully saturated rings. The summed E-state index contributed by atoms with van der Waals surface area (Å²) in [5.41, 5.74) is 5.66. The number of thiazole rings is 1. The van der Waals surface area contributed by atoms with Crippen LogP contribution in [0.25, 0.3) is 6.08 Å². The lowest BCUT2D eigenvalue weighted by Gasteiger charge is -2.16. The first-order chi connectivity index (χ1) is 15.9. The summed E-state index contributed by atoms with van der Waals surface area (Å²) in [6, 6.07) is 10.0. The number of carbonyl (C=O) groups excluding carboxylic acids is 1. The maximum Gasteiger partial charge on any atom is 0.186 e. The van der Waals surface area contributed by atoms with Gasteiger partial charge in [-0.1, -0.05) is 35.5 Å². The van der Waals surface area contributed by atoms with Crippen LogP contribution in [0.2, 0.25) is 0 Å². The van der Waals surface area contributed by atoms with Gasteiger partial charge in [-0.3, -0.25) is 10.2 Å². The molecule has 0 aliphatic carbocycles. The molecule has 1 aliphatic rings. The lowest BCUT2D eigenvalue weighted by atomic mass is 10.0. The van der Waals surface area contributed by atoms with Crippen molar-refractivity contribution in [3.05, 3.63) is 79.6 Å². The number of aromatic nitrogens is 1. The monoisotopic (exact) mass is 478 g/mol. The van der Waals surface area contributed by atoms with Gasteiger partial charge in [0.15, 0.2) is 17.3 Å². The fourth-order valence-corrected chi connectivity index (χ4v) is 5.74. The van der Waals surface area contributed by atoms with Gasteiger partial charge in [-0.2, -0.15) is 0 Å². The molecule has 7 heteroatoms. The minimum absolute atomic E-state index is 0.0800. The van der Waals surface area contributed by atoms with Gasteiger partial charge in [0.1, 0.15) is 17.5 Å². The van der Waals surface area contributed by atoms with Gasteiger partial charge >= 0.3 is 0 Å². The molecule has 4 rings (SSSR count). The fraction of sp³-hybridized carbons (Fsp3) is 0.269. The predicted molar refractivity (Wildman–Crippen MR) is 136 cm³/mol. The average Bonchev–Trinajstić information content (AvgIpc) is 3.37. The van der Waals surface area contributed by atoms with Crippen molar-refractivity contribution in [3.63, 3.8) is 0 Å². The van der Waals surface area contributed by atoms with Crippen LogP contribution in [0.3, 0.4) is 0 Å². The molecule has 1 aliphatic heterocycles. The van der Waals surface area contributed by atoms with Crippen molar-refractivity contribution in [2.45, 2.75) is 40.2 Å². The summed E-state index contributed by atoms with van der Waals surface area (Å²) < 4.78 is 12.0. The highest BCUT2D eigenvalue weighted by Gasteiger charge is 2.38. The van der Waals surface area contributed by atoms with Crippen molar-refractivity contribution in [2.75, 3.05) is 6.61 Å². The molecule has 0 saturated carbocycles. The van der Waals surface area contributed by atoms with Gasteiger partial charge in [-0.25, -0.2) is 4.98 Å². The van der Waals surface area contributed by atoms with Gasteiger partial charge in [0.05, 0.1) is 16.6 Å². The highest BCUT2D eigenvalue weighted by atomic mass is 32.2. The summed E-state index contributed by atoms with van der Waals surface area (Å²) in [6.07, 6.45) is 3.48. The lowest BCUT2D eigenvalue weighted by Crippen LogP contribution is -2.11. The number of aryl methyl sites for hydroxylation is 3. The third kappa shape index (κ3) is 5.04. The van der Waals surface area contributed by atoms with Gasteiger partial charge < -0.3 is 9.47 Å². The van der Waals surface area contributed by atoms with E-state index in [0.29, 0.717) is 39.7 Å². The zero-order valence-electron chi connectivity index (χ0n) is 19.1. The number of Topliss-reactive ketones (excluding diaryl/α,β-unsaturated/α-hetero) is 1. The van der Waals surface area contributed by atoms with Gasteiger partial charge in [0, 0.05) is 11.6 Å². The molecule has 0 amide bonds. The van der Waals surface area contributed by atoms with E-state index in [9.17, 15) is 4.79 Å². The molecule has 0 radical (unpaired) electrons. The first kappa shape index (κ1) is 23.3. The molecule has 2 aromatic carbocycles. The SMILES string of the molecule is CCOc1cc(/C=C2\SC(=N)[C@@H](c3nccs3)C2=O)ccc1OCc1c(C)cc(C)cc1C. The molecule has 170 valence electrons. The first-order valence-electron chi connectivity index (χ1n) is 10.7. The van der Waals surface area contributed by atoms with Crippen molar-refractivity contribution in [1.82, 2.24) is 4.98 Å². The molecule has 3 aromatic rings. The molecule has 0 spiro atoms. The number of allylic oxidation sites excluding steroid dienone is 1. The Labute approximate surface area is 202 Å². The minimum atomic E-state index is -0.587. The number of rotatable bonds is 7. The number of benzene rings is 2. The maximum atomic E-state index is 12.9. The summed E-state index contributed by atoms with van der Waals surface area (Å²) in [4.78, 5) is 17.7. The van der Waals surface area contributed by atoms with E-state index in [4.69, 9.17) is 14.9 Å². The van der Waals surface area contributed by atoms with Crippen molar-refractivity contribution in [3.8, 4) is 11.5 Å². The molecular weight excluding hydrogens is 452 g/mol. The number of hydrogen-bond acceptors (Lipinski definition) is 7. The molecule has 1 atom stereocenters. The second-order valence-corrected chi connectivity index (χ2v) is 9.96. The Balaban J connectivity index is 1.56. The second kappa shape index (κ2) is 9.93. The minimum Gasteiger partial charge on any atom is -0.490 e. The maximum absolute atomic E-state index is 12.9. The van der Waals surface area contributed by atoms with Gasteiger partial charge in [0.25, 0.3) is 0 Å². The van der Waals surface area contributed by atoms with Crippen LogP contribution in [0.4, 0.5) is 0 Å². The van der Waals surface area contributed by atoms with Crippen LogP contribution < -0.4 is 9.47 Å². The summed E-state index contributed by atoms with van der Waals surface area (Å²) >= 11 is 2.60. The van der Waals surface area contributed by atoms with Crippen LogP contribution in [0.1, 0.15) is 45.7 Å². The van der Waals surface area contributed by atoms with Gasteiger partial charge in [0.2, 0.25) is 0 Å². The van der Waals surface area contributed by atoms with E-state index < -0.39 is 5.92 Å². The molecule has 1 N–H and O–H groups in total. The van der Waals surface area contributed by atoms with Crippen LogP contribution in [-0.4, -0.2) is 22.4 Å². The molecule has 5 nitrogen and oxygen atoms in total. The third-order valence-electron chi connectivity index (χ3n) is 5.46. The van der Waals surface area contributed by atoms with Crippen LogP contribution in [0.5, 0.6) is 11.5 Å². The van der Waals surface area contributed by atoms with Gasteiger partial charge in [-0.05, 0) is 68.2 Å². The molecule has 1 saturated heterocycles. The van der Waals surface area contributed by atoms with Crippen LogP contribution in [0.15, 0.2) is 46.8 Å². The average molecular weight is 479 g/mol. The number of nitrogens with one attached hydrogen (secondary N) is 1. The zero-order chi connectivity index (χ0) is 23.5. The smallest absolute Gasteiger partial charge is 0.186 e. The predicted octanol–water partition coefficient (Wildman–Crippen LogP) is 6.46. The van der Waals surface area contributed by atoms with E-state index in [1.165, 1.54) is 45.4 Å². The summed E-state index contributed by atoms with van der Waals surface area (Å²) in [5.74, 6) is 0.633. The Kier molecular flexibility index (Phi) is 7.00. The number of ether oxygens (including phenoxy) is 2. The Hall–Kier alpha value is -2.90. The van der Waals surface area contributed by atoms with Crippen LogP contribution >= 0.6 is 23.1 Å². The van der Waals surface area contributed by atoms with E-state index in [2.05, 4.69) is 37.9 Å². The highest BCUT2D eigenvalue weighted by Crippen LogP contribution is 2.41. The Morgan fingerprint density at radius 1 is 1.09 bits per heavy atom. The number of ketones is 1. The molecule has 1 aromatic heterocycles. The van der Waals surface area contributed by atoms with Crippen LogP contribution in [0, 0.1) is 26.2 Å². The third-order valence-corrected chi connectivity index (χ3v) is 7.30. The first-order valence-corrected chi connectivity index (χ1v) is 12.4. The summed E-state index contributed by atoms with van der Waals surface area (Å²) in [7, 11) is 0. The molecule has 0 bridgehead atoms. The van der Waals surface area contributed by atoms with Crippen molar-refractivity contribution in [2.24, 2.45) is 0 Å². The number of carbonyl (C=O) groups is 1. The second-order valence-electron chi connectivity index (χ2n) is 7.95. The van der Waals surface area contributed by atoms with E-state index in [0.717, 1.165) is 5.56 Å². The van der Waals surface area contributed by atoms with Crippen molar-refractivity contribution >= 4 is 40.0 Å². The van der Waals surface area contributed by atoms with E-state index in [-0.39, 0.29) is 5.78 Å². The number of nitrogens with zero attached hydrogens (tertiary/aromatic N) is 1. The molecule has 33 heavy (non-hydrogen) atoms. The molecule has 0 unspecified atom stereocenters.